The Hall–Kier alpha value is -4.43. The number of nitrogens with zero attached hydrogens (tertiary/aromatic N) is 1. The van der Waals surface area contributed by atoms with E-state index in [0.717, 1.165) is 27.6 Å². The van der Waals surface area contributed by atoms with Crippen LogP contribution in [0.1, 0.15) is 60.9 Å². The van der Waals surface area contributed by atoms with Crippen molar-refractivity contribution in [1.29, 1.82) is 0 Å². The number of pyridine rings is 1. The van der Waals surface area contributed by atoms with E-state index < -0.39 is 22.8 Å². The van der Waals surface area contributed by atoms with Gasteiger partial charge in [-0.1, -0.05) is 36.4 Å². The average Bonchev–Trinajstić information content (AvgIpc) is 3.35. The molecule has 0 radical (unpaired) electrons. The minimum absolute atomic E-state index is 0.00905. The van der Waals surface area contributed by atoms with Crippen LogP contribution in [0.3, 0.4) is 0 Å². The molecule has 0 unspecified atom stereocenters. The fourth-order valence-electron chi connectivity index (χ4n) is 6.49. The van der Waals surface area contributed by atoms with Crippen molar-refractivity contribution in [3.8, 4) is 5.75 Å². The second kappa shape index (κ2) is 10.4. The summed E-state index contributed by atoms with van der Waals surface area (Å²) in [6.07, 6.45) is 5.28. The number of ether oxygens (including phenoxy) is 2. The highest BCUT2D eigenvalue weighted by atomic mass is 16.6. The van der Waals surface area contributed by atoms with Gasteiger partial charge in [0.25, 0.3) is 0 Å². The number of nitrogen functional groups attached to an aromatic ring is 1. The number of carbonyl (C=O) groups excluding carboxylic acids is 1. The third kappa shape index (κ3) is 4.47. The number of aliphatic hydroxyl groups excluding tert-OH is 1. The summed E-state index contributed by atoms with van der Waals surface area (Å²) in [5.74, 6) is 0.217. The Morgan fingerprint density at radius 3 is 2.71 bits per heavy atom. The van der Waals surface area contributed by atoms with Gasteiger partial charge >= 0.3 is 11.6 Å². The van der Waals surface area contributed by atoms with Gasteiger partial charge < -0.3 is 24.7 Å². The molecule has 1 spiro atoms. The van der Waals surface area contributed by atoms with Gasteiger partial charge in [-0.15, -0.1) is 0 Å². The van der Waals surface area contributed by atoms with Gasteiger partial charge in [0.15, 0.2) is 11.2 Å². The monoisotopic (exact) mass is 566 g/mol. The third-order valence-electron chi connectivity index (χ3n) is 8.81. The number of aryl methyl sites for hydroxylation is 1. The summed E-state index contributed by atoms with van der Waals surface area (Å²) in [5.41, 5.74) is 8.77. The first-order valence-electron chi connectivity index (χ1n) is 14.2. The minimum atomic E-state index is -1.09. The number of hydrogen-bond acceptors (Lipinski definition) is 8. The quantitative estimate of drug-likeness (QED) is 0.189. The number of allylic oxidation sites excluding steroid dienone is 1. The summed E-state index contributed by atoms with van der Waals surface area (Å²) in [6, 6.07) is 17.4. The van der Waals surface area contributed by atoms with Gasteiger partial charge in [-0.2, -0.15) is 0 Å². The van der Waals surface area contributed by atoms with Crippen LogP contribution in [0.15, 0.2) is 81.7 Å². The topological polar surface area (TPSA) is 125 Å². The van der Waals surface area contributed by atoms with Gasteiger partial charge in [0.2, 0.25) is 0 Å². The average molecular weight is 567 g/mol. The second-order valence-electron chi connectivity index (χ2n) is 11.5. The Bertz CT molecular complexity index is 1780. The summed E-state index contributed by atoms with van der Waals surface area (Å²) in [5, 5.41) is 10.0. The molecule has 1 aliphatic carbocycles. The van der Waals surface area contributed by atoms with Gasteiger partial charge in [0.1, 0.15) is 17.2 Å². The lowest BCUT2D eigenvalue weighted by molar-refractivity contribution is -0.184. The summed E-state index contributed by atoms with van der Waals surface area (Å²) in [4.78, 5) is 30.5. The van der Waals surface area contributed by atoms with E-state index in [4.69, 9.17) is 19.6 Å². The van der Waals surface area contributed by atoms with Gasteiger partial charge in [0.05, 0.1) is 5.92 Å². The van der Waals surface area contributed by atoms with E-state index in [1.54, 1.807) is 31.3 Å². The zero-order valence-corrected chi connectivity index (χ0v) is 24.0. The molecule has 0 fully saturated rings. The number of carbonyl (C=O) groups is 1. The summed E-state index contributed by atoms with van der Waals surface area (Å²) >= 11 is 0. The molecule has 8 nitrogen and oxygen atoms in total. The van der Waals surface area contributed by atoms with Gasteiger partial charge in [0, 0.05) is 48.2 Å². The number of aliphatic hydroxyl groups is 1. The molecule has 3 heterocycles. The number of rotatable bonds is 6. The molecule has 216 valence electrons. The largest absolute Gasteiger partial charge is 0.481 e. The maximum absolute atomic E-state index is 13.4. The molecule has 4 aromatic rings. The van der Waals surface area contributed by atoms with E-state index in [1.165, 1.54) is 0 Å². The lowest BCUT2D eigenvalue weighted by Crippen LogP contribution is -2.65. The van der Waals surface area contributed by atoms with Crippen LogP contribution in [-0.2, 0) is 28.8 Å². The van der Waals surface area contributed by atoms with Gasteiger partial charge in [-0.3, -0.25) is 0 Å². The molecule has 8 heteroatoms. The van der Waals surface area contributed by atoms with Gasteiger partial charge in [-0.25, -0.2) is 14.6 Å². The van der Waals surface area contributed by atoms with Crippen molar-refractivity contribution in [2.75, 3.05) is 12.3 Å². The Labute approximate surface area is 243 Å². The van der Waals surface area contributed by atoms with E-state index in [0.29, 0.717) is 54.0 Å². The highest BCUT2D eigenvalue weighted by Crippen LogP contribution is 2.57. The highest BCUT2D eigenvalue weighted by Gasteiger charge is 2.64. The van der Waals surface area contributed by atoms with E-state index in [9.17, 15) is 14.7 Å². The van der Waals surface area contributed by atoms with Crippen molar-refractivity contribution in [3.63, 3.8) is 0 Å². The van der Waals surface area contributed by atoms with Crippen LogP contribution in [0.2, 0.25) is 0 Å². The summed E-state index contributed by atoms with van der Waals surface area (Å²) in [7, 11) is 0. The zero-order valence-electron chi connectivity index (χ0n) is 24.0. The number of nitrogens with two attached hydrogens (primary N) is 1. The molecular weight excluding hydrogens is 532 g/mol. The van der Waals surface area contributed by atoms with Gasteiger partial charge in [-0.05, 0) is 74.1 Å². The van der Waals surface area contributed by atoms with Crippen molar-refractivity contribution in [3.05, 3.63) is 111 Å². The maximum Gasteiger partial charge on any atom is 0.339 e. The first kappa shape index (κ1) is 27.7. The minimum Gasteiger partial charge on any atom is -0.481 e. The lowest BCUT2D eigenvalue weighted by atomic mass is 9.60. The van der Waals surface area contributed by atoms with Crippen LogP contribution in [-0.4, -0.2) is 33.9 Å². The zero-order chi connectivity index (χ0) is 29.6. The van der Waals surface area contributed by atoms with Crippen LogP contribution < -0.4 is 16.1 Å². The van der Waals surface area contributed by atoms with Crippen molar-refractivity contribution in [2.24, 2.45) is 0 Å². The van der Waals surface area contributed by atoms with Crippen molar-refractivity contribution in [2.45, 2.75) is 63.6 Å². The van der Waals surface area contributed by atoms with E-state index in [-0.39, 0.29) is 12.5 Å². The molecule has 42 heavy (non-hydrogen) atoms. The SMILES string of the molecule is C/C=C(\C)C(=O)O[C@@]1(C)Cc2ccccc2[C@@H](c2ccc(N)nc2)[C@]12Cc1cc3cc(CCCO)c(=O)oc3cc1O2. The molecule has 3 atom stereocenters. The first-order valence-corrected chi connectivity index (χ1v) is 14.2. The van der Waals surface area contributed by atoms with E-state index in [1.807, 2.05) is 44.2 Å². The predicted molar refractivity (Wildman–Crippen MR) is 160 cm³/mol. The number of fused-ring (bicyclic) bond motifs is 3. The van der Waals surface area contributed by atoms with Crippen LogP contribution in [0.5, 0.6) is 5.75 Å². The summed E-state index contributed by atoms with van der Waals surface area (Å²) in [6.45, 7) is 5.48. The van der Waals surface area contributed by atoms with Crippen LogP contribution in [0, 0.1) is 0 Å². The molecule has 3 N–H and O–H groups in total. The highest BCUT2D eigenvalue weighted by molar-refractivity contribution is 5.88. The number of benzene rings is 2. The number of hydrogen-bond donors (Lipinski definition) is 2. The van der Waals surface area contributed by atoms with Crippen molar-refractivity contribution >= 4 is 22.8 Å². The fourth-order valence-corrected chi connectivity index (χ4v) is 6.49. The molecule has 1 aliphatic heterocycles. The van der Waals surface area contributed by atoms with Crippen LogP contribution >= 0.6 is 0 Å². The van der Waals surface area contributed by atoms with Crippen LogP contribution in [0.4, 0.5) is 5.82 Å². The van der Waals surface area contributed by atoms with Crippen LogP contribution in [0.25, 0.3) is 11.0 Å². The Morgan fingerprint density at radius 2 is 1.98 bits per heavy atom. The number of esters is 1. The maximum atomic E-state index is 13.4. The van der Waals surface area contributed by atoms with Crippen molar-refractivity contribution < 1.29 is 23.8 Å². The Morgan fingerprint density at radius 1 is 1.17 bits per heavy atom. The molecule has 0 saturated carbocycles. The molecule has 6 rings (SSSR count). The molecular formula is C34H34N2O6. The molecule has 0 amide bonds. The molecule has 0 saturated heterocycles. The number of anilines is 1. The van der Waals surface area contributed by atoms with E-state index >= 15 is 0 Å². The molecule has 2 aliphatic rings. The number of aromatic nitrogens is 1. The normalized spacial score (nSPS) is 23.0. The second-order valence-corrected chi connectivity index (χ2v) is 11.5. The Kier molecular flexibility index (Phi) is 6.89. The first-order chi connectivity index (χ1) is 20.2. The summed E-state index contributed by atoms with van der Waals surface area (Å²) < 4.78 is 19.2. The smallest absolute Gasteiger partial charge is 0.339 e. The third-order valence-corrected chi connectivity index (χ3v) is 8.81. The Balaban J connectivity index is 1.56. The van der Waals surface area contributed by atoms with E-state index in [2.05, 4.69) is 17.1 Å². The predicted octanol–water partition coefficient (Wildman–Crippen LogP) is 5.03. The molecule has 2 aromatic heterocycles. The molecule has 0 bridgehead atoms. The molecule has 2 aromatic carbocycles. The van der Waals surface area contributed by atoms with Crippen molar-refractivity contribution in [1.82, 2.24) is 4.98 Å². The standard InChI is InChI=1S/C34H34N2O6/c1-4-20(2)31(38)42-33(3)17-22-8-5-6-10-26(22)30(23-11-12-29(35)36-19-23)34(33)18-25-15-24-14-21(9-7-13-37)32(39)40-27(24)16-28(25)41-34/h4-6,8,10-12,14-16,19,30,37H,7,9,13,17-18H2,1-3H3,(H2,35,36)/b20-4+/t30-,33+,34-/m1/s1. The fraction of sp³-hybridized carbons (Fsp3) is 0.324. The lowest BCUT2D eigenvalue weighted by Gasteiger charge is -2.52.